The second-order valence-electron chi connectivity index (χ2n) is 6.01. The third kappa shape index (κ3) is 3.50. The van der Waals surface area contributed by atoms with E-state index in [9.17, 15) is 4.39 Å². The van der Waals surface area contributed by atoms with Crippen molar-refractivity contribution >= 4 is 22.6 Å². The first-order chi connectivity index (χ1) is 8.88. The standard InChI is InChI=1S/C15H21FN2S/c1-10-6-5-7-11(16)13(10)18-14-17-12(8-9-19-14)15(2,3)4/h5-7,12H,8-9H2,1-4H3,(H,17,18). The van der Waals surface area contributed by atoms with Crippen molar-refractivity contribution in [3.8, 4) is 0 Å². The molecule has 0 saturated heterocycles. The van der Waals surface area contributed by atoms with Crippen molar-refractivity contribution < 1.29 is 4.39 Å². The molecule has 2 rings (SSSR count). The summed E-state index contributed by atoms with van der Waals surface area (Å²) in [7, 11) is 0. The molecule has 0 spiro atoms. The average molecular weight is 280 g/mol. The van der Waals surface area contributed by atoms with Crippen LogP contribution in [-0.2, 0) is 0 Å². The lowest BCUT2D eigenvalue weighted by Gasteiger charge is -2.31. The molecular formula is C15H21FN2S. The summed E-state index contributed by atoms with van der Waals surface area (Å²) in [5.74, 6) is 0.808. The Morgan fingerprint density at radius 2 is 2.11 bits per heavy atom. The van der Waals surface area contributed by atoms with Crippen molar-refractivity contribution in [2.45, 2.75) is 40.2 Å². The second kappa shape index (κ2) is 5.53. The number of amidine groups is 1. The largest absolute Gasteiger partial charge is 0.332 e. The van der Waals surface area contributed by atoms with Crippen molar-refractivity contribution in [1.82, 2.24) is 0 Å². The van der Waals surface area contributed by atoms with Gasteiger partial charge < -0.3 is 5.32 Å². The third-order valence-corrected chi connectivity index (χ3v) is 4.28. The van der Waals surface area contributed by atoms with Crippen LogP contribution in [0.5, 0.6) is 0 Å². The Labute approximate surface area is 118 Å². The molecule has 1 aromatic carbocycles. The molecule has 1 heterocycles. The van der Waals surface area contributed by atoms with Gasteiger partial charge in [-0.1, -0.05) is 44.7 Å². The van der Waals surface area contributed by atoms with E-state index in [2.05, 4.69) is 26.1 Å². The lowest BCUT2D eigenvalue weighted by atomic mass is 9.85. The zero-order chi connectivity index (χ0) is 14.0. The Kier molecular flexibility index (Phi) is 4.19. The van der Waals surface area contributed by atoms with Gasteiger partial charge in [-0.25, -0.2) is 4.39 Å². The van der Waals surface area contributed by atoms with Gasteiger partial charge in [0, 0.05) is 5.75 Å². The van der Waals surface area contributed by atoms with E-state index in [4.69, 9.17) is 4.99 Å². The van der Waals surface area contributed by atoms with Gasteiger partial charge in [0.15, 0.2) is 5.17 Å². The van der Waals surface area contributed by atoms with E-state index in [1.165, 1.54) is 6.07 Å². The maximum Gasteiger partial charge on any atom is 0.161 e. The van der Waals surface area contributed by atoms with E-state index in [0.717, 1.165) is 22.9 Å². The summed E-state index contributed by atoms with van der Waals surface area (Å²) in [6, 6.07) is 5.40. The molecule has 0 aliphatic carbocycles. The Bertz CT molecular complexity index is 471. The summed E-state index contributed by atoms with van der Waals surface area (Å²) in [5, 5.41) is 3.99. The van der Waals surface area contributed by atoms with Crippen LogP contribution in [0, 0.1) is 18.2 Å². The number of nitrogens with zero attached hydrogens (tertiary/aromatic N) is 1. The number of halogens is 1. The van der Waals surface area contributed by atoms with Gasteiger partial charge in [0.1, 0.15) is 5.82 Å². The lowest BCUT2D eigenvalue weighted by molar-refractivity contribution is 0.316. The first kappa shape index (κ1) is 14.4. The molecule has 0 aromatic heterocycles. The van der Waals surface area contributed by atoms with Crippen LogP contribution in [0.2, 0.25) is 0 Å². The summed E-state index contributed by atoms with van der Waals surface area (Å²) in [4.78, 5) is 4.73. The minimum Gasteiger partial charge on any atom is -0.332 e. The molecule has 4 heteroatoms. The Morgan fingerprint density at radius 1 is 1.37 bits per heavy atom. The van der Waals surface area contributed by atoms with Crippen molar-refractivity contribution in [2.24, 2.45) is 10.4 Å². The van der Waals surface area contributed by atoms with Gasteiger partial charge in [-0.05, 0) is 30.4 Å². The topological polar surface area (TPSA) is 24.4 Å². The van der Waals surface area contributed by atoms with E-state index >= 15 is 0 Å². The summed E-state index contributed by atoms with van der Waals surface area (Å²) in [6.07, 6.45) is 1.08. The minimum atomic E-state index is -0.221. The molecule has 0 bridgehead atoms. The molecule has 104 valence electrons. The fourth-order valence-corrected chi connectivity index (χ4v) is 3.01. The molecule has 1 unspecified atom stereocenters. The second-order valence-corrected chi connectivity index (χ2v) is 7.09. The molecule has 1 aliphatic rings. The van der Waals surface area contributed by atoms with Crippen molar-refractivity contribution in [3.63, 3.8) is 0 Å². The van der Waals surface area contributed by atoms with Gasteiger partial charge in [0.2, 0.25) is 0 Å². The lowest BCUT2D eigenvalue weighted by Crippen LogP contribution is -2.30. The van der Waals surface area contributed by atoms with Gasteiger partial charge in [0.05, 0.1) is 11.7 Å². The smallest absolute Gasteiger partial charge is 0.161 e. The monoisotopic (exact) mass is 280 g/mol. The normalized spacial score (nSPS) is 20.1. The van der Waals surface area contributed by atoms with Crippen LogP contribution in [0.25, 0.3) is 0 Å². The van der Waals surface area contributed by atoms with E-state index in [0.29, 0.717) is 11.7 Å². The number of para-hydroxylation sites is 1. The Morgan fingerprint density at radius 3 is 2.74 bits per heavy atom. The maximum atomic E-state index is 13.8. The van der Waals surface area contributed by atoms with E-state index in [1.807, 2.05) is 13.0 Å². The van der Waals surface area contributed by atoms with Crippen molar-refractivity contribution in [2.75, 3.05) is 11.1 Å². The van der Waals surface area contributed by atoms with Gasteiger partial charge in [-0.2, -0.15) is 0 Å². The highest BCUT2D eigenvalue weighted by atomic mass is 32.2. The van der Waals surface area contributed by atoms with Crippen LogP contribution in [0.3, 0.4) is 0 Å². The van der Waals surface area contributed by atoms with Crippen LogP contribution < -0.4 is 5.32 Å². The number of nitrogens with one attached hydrogen (secondary N) is 1. The number of hydrogen-bond donors (Lipinski definition) is 1. The van der Waals surface area contributed by atoms with E-state index in [1.54, 1.807) is 17.8 Å². The summed E-state index contributed by atoms with van der Waals surface area (Å²) in [5.41, 5.74) is 1.60. The van der Waals surface area contributed by atoms with Crippen LogP contribution in [-0.4, -0.2) is 17.0 Å². The minimum absolute atomic E-state index is 0.151. The number of aryl methyl sites for hydroxylation is 1. The number of aliphatic imine (C=N–C) groups is 1. The zero-order valence-corrected chi connectivity index (χ0v) is 12.8. The fourth-order valence-electron chi connectivity index (χ4n) is 2.10. The number of benzene rings is 1. The number of thioether (sulfide) groups is 1. The van der Waals surface area contributed by atoms with Crippen LogP contribution in [0.1, 0.15) is 32.8 Å². The third-order valence-electron chi connectivity index (χ3n) is 3.36. The molecular weight excluding hydrogens is 259 g/mol. The molecule has 2 nitrogen and oxygen atoms in total. The Balaban J connectivity index is 2.21. The van der Waals surface area contributed by atoms with Crippen molar-refractivity contribution in [1.29, 1.82) is 0 Å². The molecule has 1 aromatic rings. The highest BCUT2D eigenvalue weighted by Gasteiger charge is 2.27. The van der Waals surface area contributed by atoms with E-state index < -0.39 is 0 Å². The highest BCUT2D eigenvalue weighted by molar-refractivity contribution is 8.14. The molecule has 0 fully saturated rings. The first-order valence-electron chi connectivity index (χ1n) is 6.60. The van der Waals surface area contributed by atoms with E-state index in [-0.39, 0.29) is 11.2 Å². The molecule has 0 amide bonds. The fraction of sp³-hybridized carbons (Fsp3) is 0.533. The SMILES string of the molecule is Cc1cccc(F)c1NC1=NC(C(C)(C)C)CCS1. The Hall–Kier alpha value is -1.03. The molecule has 19 heavy (non-hydrogen) atoms. The number of anilines is 1. The quantitative estimate of drug-likeness (QED) is 0.821. The average Bonchev–Trinajstić information content (AvgIpc) is 2.33. The van der Waals surface area contributed by atoms with Crippen LogP contribution >= 0.6 is 11.8 Å². The number of hydrogen-bond acceptors (Lipinski definition) is 3. The van der Waals surface area contributed by atoms with Gasteiger partial charge in [0.25, 0.3) is 0 Å². The highest BCUT2D eigenvalue weighted by Crippen LogP contribution is 2.31. The van der Waals surface area contributed by atoms with Gasteiger partial charge >= 0.3 is 0 Å². The van der Waals surface area contributed by atoms with Gasteiger partial charge in [-0.3, -0.25) is 4.99 Å². The molecule has 1 aliphatic heterocycles. The molecule has 1 atom stereocenters. The predicted molar refractivity (Wildman–Crippen MR) is 82.5 cm³/mol. The summed E-state index contributed by atoms with van der Waals surface area (Å²) < 4.78 is 13.8. The van der Waals surface area contributed by atoms with Crippen molar-refractivity contribution in [3.05, 3.63) is 29.6 Å². The summed E-state index contributed by atoms with van der Waals surface area (Å²) in [6.45, 7) is 8.50. The molecule has 1 N–H and O–H groups in total. The van der Waals surface area contributed by atoms with Gasteiger partial charge in [-0.15, -0.1) is 0 Å². The van der Waals surface area contributed by atoms with Crippen LogP contribution in [0.15, 0.2) is 23.2 Å². The molecule has 0 saturated carbocycles. The van der Waals surface area contributed by atoms with Crippen LogP contribution in [0.4, 0.5) is 10.1 Å². The molecule has 0 radical (unpaired) electrons. The number of rotatable bonds is 1. The maximum absolute atomic E-state index is 13.8. The predicted octanol–water partition coefficient (Wildman–Crippen LogP) is 4.45. The first-order valence-corrected chi connectivity index (χ1v) is 7.59. The summed E-state index contributed by atoms with van der Waals surface area (Å²) >= 11 is 1.67. The zero-order valence-electron chi connectivity index (χ0n) is 12.0.